The zero-order chi connectivity index (χ0) is 29.3. The highest BCUT2D eigenvalue weighted by atomic mass is 32.1. The van der Waals surface area contributed by atoms with Gasteiger partial charge in [0.15, 0.2) is 5.76 Å². The fourth-order valence-corrected chi connectivity index (χ4v) is 6.47. The number of amides is 1. The number of aliphatic hydroxyl groups is 1. The van der Waals surface area contributed by atoms with E-state index < -0.39 is 17.7 Å². The van der Waals surface area contributed by atoms with Crippen LogP contribution in [-0.4, -0.2) is 39.8 Å². The van der Waals surface area contributed by atoms with Gasteiger partial charge in [0.1, 0.15) is 5.01 Å². The fourth-order valence-electron chi connectivity index (χ4n) is 5.44. The van der Waals surface area contributed by atoms with Crippen molar-refractivity contribution in [2.75, 3.05) is 18.0 Å². The Morgan fingerprint density at radius 1 is 0.976 bits per heavy atom. The number of aliphatic hydroxyl groups excluding tert-OH is 1. The van der Waals surface area contributed by atoms with Gasteiger partial charge in [-0.3, -0.25) is 9.59 Å². The maximum atomic E-state index is 14.2. The molecule has 1 aliphatic rings. The Hall–Kier alpha value is -4.23. The third-order valence-corrected chi connectivity index (χ3v) is 8.96. The van der Waals surface area contributed by atoms with Crippen molar-refractivity contribution in [3.8, 4) is 10.6 Å². The first-order valence-corrected chi connectivity index (χ1v) is 14.8. The third-order valence-electron chi connectivity index (χ3n) is 7.75. The monoisotopic (exact) mass is 565 g/mol. The quantitative estimate of drug-likeness (QED) is 0.215. The topological polar surface area (TPSA) is 73.7 Å². The standard InChI is InChI=1S/C34H35N3O3S/c1-6-36(7-2)27-17-15-24(16-18-27)29-28(30(38)32-23(5)35-33(41-32)25-11-9-8-10-12-25)31(39)34(40)37(29)20-26-19-21(3)13-14-22(26)4/h8-19,29,39H,6-7,20H2,1-5H3. The summed E-state index contributed by atoms with van der Waals surface area (Å²) >= 11 is 1.29. The number of carbonyl (C=O) groups excluding carboxylic acids is 2. The summed E-state index contributed by atoms with van der Waals surface area (Å²) < 4.78 is 0. The molecule has 6 nitrogen and oxygen atoms in total. The second kappa shape index (κ2) is 11.7. The van der Waals surface area contributed by atoms with Crippen LogP contribution in [0, 0.1) is 20.8 Å². The van der Waals surface area contributed by atoms with Crippen LogP contribution in [0.25, 0.3) is 10.6 Å². The lowest BCUT2D eigenvalue weighted by molar-refractivity contribution is -0.130. The molecule has 7 heteroatoms. The maximum Gasteiger partial charge on any atom is 0.290 e. The minimum Gasteiger partial charge on any atom is -0.503 e. The van der Waals surface area contributed by atoms with Gasteiger partial charge in [-0.1, -0.05) is 66.2 Å². The molecule has 0 saturated carbocycles. The van der Waals surface area contributed by atoms with Crippen LogP contribution in [0.3, 0.4) is 0 Å². The SMILES string of the molecule is CCN(CC)c1ccc(C2C(C(=O)c3sc(-c4ccccc4)nc3C)=C(O)C(=O)N2Cc2cc(C)ccc2C)cc1. The van der Waals surface area contributed by atoms with Crippen molar-refractivity contribution in [2.24, 2.45) is 0 Å². The number of benzene rings is 3. The second-order valence-corrected chi connectivity index (χ2v) is 11.4. The molecule has 41 heavy (non-hydrogen) atoms. The molecule has 4 aromatic rings. The number of hydrogen-bond acceptors (Lipinski definition) is 6. The highest BCUT2D eigenvalue weighted by Gasteiger charge is 2.44. The molecule has 0 bridgehead atoms. The molecule has 0 saturated heterocycles. The highest BCUT2D eigenvalue weighted by molar-refractivity contribution is 7.17. The van der Waals surface area contributed by atoms with Crippen molar-refractivity contribution in [2.45, 2.75) is 47.2 Å². The summed E-state index contributed by atoms with van der Waals surface area (Å²) in [4.78, 5) is 36.8. The van der Waals surface area contributed by atoms with Crippen LogP contribution in [0.5, 0.6) is 0 Å². The average molecular weight is 566 g/mol. The molecule has 210 valence electrons. The fraction of sp³-hybridized carbons (Fsp3) is 0.265. The van der Waals surface area contributed by atoms with Crippen LogP contribution in [0.4, 0.5) is 5.69 Å². The van der Waals surface area contributed by atoms with Crippen molar-refractivity contribution >= 4 is 28.7 Å². The molecule has 1 N–H and O–H groups in total. The zero-order valence-electron chi connectivity index (χ0n) is 24.1. The summed E-state index contributed by atoms with van der Waals surface area (Å²) in [5.74, 6) is -1.40. The number of Topliss-reactive ketones (excluding diaryl/α,β-unsaturated/α-hetero) is 1. The number of anilines is 1. The van der Waals surface area contributed by atoms with E-state index in [1.54, 1.807) is 11.8 Å². The van der Waals surface area contributed by atoms with Gasteiger partial charge in [-0.25, -0.2) is 4.98 Å². The normalized spacial score (nSPS) is 15.1. The van der Waals surface area contributed by atoms with Crippen molar-refractivity contribution in [1.82, 2.24) is 9.88 Å². The summed E-state index contributed by atoms with van der Waals surface area (Å²) in [6.45, 7) is 12.0. The van der Waals surface area contributed by atoms with E-state index in [0.29, 0.717) is 10.6 Å². The highest BCUT2D eigenvalue weighted by Crippen LogP contribution is 2.42. The number of aromatic nitrogens is 1. The Morgan fingerprint density at radius 2 is 1.66 bits per heavy atom. The van der Waals surface area contributed by atoms with E-state index in [9.17, 15) is 14.7 Å². The number of hydrogen-bond donors (Lipinski definition) is 1. The van der Waals surface area contributed by atoms with E-state index in [2.05, 4.69) is 29.8 Å². The molecule has 1 unspecified atom stereocenters. The smallest absolute Gasteiger partial charge is 0.290 e. The van der Waals surface area contributed by atoms with Gasteiger partial charge in [-0.05, 0) is 63.4 Å². The minimum atomic E-state index is -0.734. The van der Waals surface area contributed by atoms with E-state index >= 15 is 0 Å². The Kier molecular flexibility index (Phi) is 8.08. The van der Waals surface area contributed by atoms with Crippen molar-refractivity contribution in [3.63, 3.8) is 0 Å². The number of ketones is 1. The second-order valence-electron chi connectivity index (χ2n) is 10.4. The number of rotatable bonds is 9. The lowest BCUT2D eigenvalue weighted by Crippen LogP contribution is -2.31. The van der Waals surface area contributed by atoms with Crippen LogP contribution in [0.1, 0.15) is 57.5 Å². The van der Waals surface area contributed by atoms with Gasteiger partial charge in [-0.15, -0.1) is 11.3 Å². The van der Waals surface area contributed by atoms with E-state index in [0.717, 1.165) is 51.6 Å². The van der Waals surface area contributed by atoms with Crippen molar-refractivity contribution in [3.05, 3.63) is 117 Å². The van der Waals surface area contributed by atoms with Gasteiger partial charge in [0, 0.05) is 30.9 Å². The molecule has 1 amide bonds. The van der Waals surface area contributed by atoms with Crippen molar-refractivity contribution < 1.29 is 14.7 Å². The Bertz CT molecular complexity index is 1620. The summed E-state index contributed by atoms with van der Waals surface area (Å²) in [7, 11) is 0. The predicted molar refractivity (Wildman–Crippen MR) is 165 cm³/mol. The van der Waals surface area contributed by atoms with Crippen molar-refractivity contribution in [1.29, 1.82) is 0 Å². The first kappa shape index (κ1) is 28.3. The van der Waals surface area contributed by atoms with Crippen LogP contribution in [0.15, 0.2) is 84.1 Å². The molecule has 1 aliphatic heterocycles. The molecule has 0 radical (unpaired) electrons. The Morgan fingerprint density at radius 3 is 2.32 bits per heavy atom. The van der Waals surface area contributed by atoms with Crippen LogP contribution >= 0.6 is 11.3 Å². The molecule has 0 aliphatic carbocycles. The summed E-state index contributed by atoms with van der Waals surface area (Å²) in [5.41, 5.74) is 6.54. The Balaban J connectivity index is 1.59. The number of nitrogens with zero attached hydrogens (tertiary/aromatic N) is 3. The van der Waals surface area contributed by atoms with E-state index in [1.165, 1.54) is 11.3 Å². The molecular weight excluding hydrogens is 530 g/mol. The van der Waals surface area contributed by atoms with E-state index in [1.807, 2.05) is 80.6 Å². The van der Waals surface area contributed by atoms with Gasteiger partial charge in [0.2, 0.25) is 5.78 Å². The summed E-state index contributed by atoms with van der Waals surface area (Å²) in [6.07, 6.45) is 0. The molecule has 0 spiro atoms. The molecule has 3 aromatic carbocycles. The number of carbonyl (C=O) groups is 2. The minimum absolute atomic E-state index is 0.0993. The van der Waals surface area contributed by atoms with Gasteiger partial charge >= 0.3 is 0 Å². The van der Waals surface area contributed by atoms with Gasteiger partial charge in [0.05, 0.1) is 22.2 Å². The lowest BCUT2D eigenvalue weighted by Gasteiger charge is -2.28. The summed E-state index contributed by atoms with van der Waals surface area (Å²) in [6, 6.07) is 23.1. The first-order chi connectivity index (χ1) is 19.7. The average Bonchev–Trinajstić information content (AvgIpc) is 3.49. The lowest BCUT2D eigenvalue weighted by atomic mass is 9.94. The molecule has 1 aromatic heterocycles. The first-order valence-electron chi connectivity index (χ1n) is 14.0. The number of aryl methyl sites for hydroxylation is 3. The Labute approximate surface area is 245 Å². The molecule has 5 rings (SSSR count). The van der Waals surface area contributed by atoms with Crippen LogP contribution in [-0.2, 0) is 11.3 Å². The molecule has 2 heterocycles. The molecular formula is C34H35N3O3S. The predicted octanol–water partition coefficient (Wildman–Crippen LogP) is 7.36. The third kappa shape index (κ3) is 5.42. The summed E-state index contributed by atoms with van der Waals surface area (Å²) in [5, 5.41) is 12.0. The maximum absolute atomic E-state index is 14.2. The zero-order valence-corrected chi connectivity index (χ0v) is 25.0. The van der Waals surface area contributed by atoms with Crippen LogP contribution < -0.4 is 4.90 Å². The molecule has 1 atom stereocenters. The van der Waals surface area contributed by atoms with E-state index in [4.69, 9.17) is 0 Å². The largest absolute Gasteiger partial charge is 0.503 e. The van der Waals surface area contributed by atoms with Gasteiger partial charge in [0.25, 0.3) is 5.91 Å². The van der Waals surface area contributed by atoms with E-state index in [-0.39, 0.29) is 17.9 Å². The van der Waals surface area contributed by atoms with Gasteiger partial charge in [-0.2, -0.15) is 0 Å². The number of thiazole rings is 1. The molecule has 0 fully saturated rings. The van der Waals surface area contributed by atoms with Gasteiger partial charge < -0.3 is 14.9 Å². The van der Waals surface area contributed by atoms with Crippen LogP contribution in [0.2, 0.25) is 0 Å².